The second-order valence-corrected chi connectivity index (χ2v) is 23.3. The molecule has 17 nitrogen and oxygen atoms in total. The van der Waals surface area contributed by atoms with Gasteiger partial charge in [-0.3, -0.25) is 14.3 Å². The quantitative estimate of drug-likeness (QED) is 0.0599. The molecule has 2 aliphatic heterocycles. The smallest absolute Gasteiger partial charge is 0.273 e. The summed E-state index contributed by atoms with van der Waals surface area (Å²) in [5.41, 5.74) is 11.7. The molecule has 2 unspecified atom stereocenters. The number of para-hydroxylation sites is 1. The standard InChI is InChI=1S/C54H73N11O6S/c1-37-39-11-10-19-64(48(39)61-60-47(37)59-50-57-42-12-6-7-13-43(42)72-50)45-15-14-40(46(58-45)49(67)62(5)20-23-69-26-28-70-27-25-68-22-16-44(55)66)41-29-56-65(38(41)2)36-53-31-51(3)30-52(4,32-53)34-54(33-51,35-53)71-24-21-63-17-8-9-18-63/h6-7,12-15,29H,8-11,16-28,30-36H2,1-5H3,(H2,55,66)(H,57,59,60). The summed E-state index contributed by atoms with van der Waals surface area (Å²) in [5, 5.41) is 18.8. The number of pyridine rings is 1. The van der Waals surface area contributed by atoms with Crippen molar-refractivity contribution in [1.82, 2.24) is 39.7 Å². The number of likely N-dealkylation sites (N-methyl/N-ethyl adjacent to an activating group) is 1. The van der Waals surface area contributed by atoms with Gasteiger partial charge in [-0.1, -0.05) is 37.3 Å². The van der Waals surface area contributed by atoms with Crippen LogP contribution in [-0.2, 0) is 36.7 Å². The van der Waals surface area contributed by atoms with E-state index < -0.39 is 5.91 Å². The number of primary amides is 1. The Morgan fingerprint density at radius 3 is 2.31 bits per heavy atom. The van der Waals surface area contributed by atoms with E-state index in [1.54, 1.807) is 23.3 Å². The number of carbonyl (C=O) groups is 2. The number of fused-ring (bicyclic) bond motifs is 2. The SMILES string of the molecule is Cc1c(Nc2nc3ccccc3s2)nnc2c1CCCN2c1ccc(-c2cnn(CC34CC5(C)CC(C)(C3)CC(OCCN3CCCC3)(C5)C4)c2C)c(C(=O)N(C)CCOCCOCCOCCC(N)=O)n1. The van der Waals surface area contributed by atoms with E-state index in [0.717, 1.165) is 101 Å². The van der Waals surface area contributed by atoms with Crippen molar-refractivity contribution in [2.75, 3.05) is 96.2 Å². The summed E-state index contributed by atoms with van der Waals surface area (Å²) < 4.78 is 27.3. The zero-order chi connectivity index (χ0) is 50.1. The molecule has 2 amide bonds. The van der Waals surface area contributed by atoms with Gasteiger partial charge in [0.05, 0.1) is 68.3 Å². The molecule has 0 radical (unpaired) electrons. The van der Waals surface area contributed by atoms with Gasteiger partial charge in [0.2, 0.25) is 5.91 Å². The molecule has 5 aromatic rings. The molecule has 4 saturated carbocycles. The van der Waals surface area contributed by atoms with Gasteiger partial charge < -0.3 is 44.7 Å². The molecule has 2 atom stereocenters. The fourth-order valence-corrected chi connectivity index (χ4v) is 14.7. The third kappa shape index (κ3) is 10.9. The average Bonchev–Trinajstić information content (AvgIpc) is 4.10. The Hall–Kier alpha value is -5.11. The molecule has 11 rings (SSSR count). The predicted octanol–water partition coefficient (Wildman–Crippen LogP) is 8.02. The molecule has 4 bridgehead atoms. The Labute approximate surface area is 427 Å². The van der Waals surface area contributed by atoms with Crippen molar-refractivity contribution in [3.05, 3.63) is 65.1 Å². The van der Waals surface area contributed by atoms with Gasteiger partial charge in [0.25, 0.3) is 5.91 Å². The minimum absolute atomic E-state index is 0.0659. The second kappa shape index (κ2) is 21.0. The van der Waals surface area contributed by atoms with Gasteiger partial charge in [-0.05, 0) is 132 Å². The fourth-order valence-electron chi connectivity index (χ4n) is 13.9. The van der Waals surface area contributed by atoms with Crippen molar-refractivity contribution in [2.24, 2.45) is 22.0 Å². The van der Waals surface area contributed by atoms with E-state index in [1.807, 2.05) is 36.5 Å². The molecule has 0 spiro atoms. The third-order valence-electron chi connectivity index (χ3n) is 16.0. The number of aromatic nitrogens is 6. The zero-order valence-corrected chi connectivity index (χ0v) is 43.8. The maximum absolute atomic E-state index is 14.8. The van der Waals surface area contributed by atoms with Crippen molar-refractivity contribution >= 4 is 56.0 Å². The molecule has 1 aromatic carbocycles. The lowest BCUT2D eigenvalue weighted by Crippen LogP contribution is -2.64. The first-order valence-corrected chi connectivity index (χ1v) is 27.0. The molecule has 72 heavy (non-hydrogen) atoms. The van der Waals surface area contributed by atoms with Crippen LogP contribution in [0.15, 0.2) is 42.6 Å². The molecule has 3 N–H and O–H groups in total. The molecule has 4 aromatic heterocycles. The number of likely N-dealkylation sites (tertiary alicyclic amines) is 1. The van der Waals surface area contributed by atoms with Crippen LogP contribution < -0.4 is 16.0 Å². The summed E-state index contributed by atoms with van der Waals surface area (Å²) in [6.07, 6.45) is 13.4. The number of nitrogens with one attached hydrogen (secondary N) is 1. The topological polar surface area (TPSA) is 188 Å². The van der Waals surface area contributed by atoms with Crippen LogP contribution in [0, 0.1) is 30.1 Å². The summed E-state index contributed by atoms with van der Waals surface area (Å²) in [7, 11) is 1.79. The Bertz CT molecular complexity index is 2700. The highest BCUT2D eigenvalue weighted by molar-refractivity contribution is 7.22. The highest BCUT2D eigenvalue weighted by atomic mass is 32.1. The van der Waals surface area contributed by atoms with E-state index in [0.29, 0.717) is 63.5 Å². The number of amides is 2. The summed E-state index contributed by atoms with van der Waals surface area (Å²) in [6.45, 7) is 17.4. The normalized spacial score (nSPS) is 24.6. The Morgan fingerprint density at radius 1 is 0.819 bits per heavy atom. The molecule has 4 aliphatic carbocycles. The van der Waals surface area contributed by atoms with Crippen molar-refractivity contribution < 1.29 is 28.5 Å². The minimum Gasteiger partial charge on any atom is -0.379 e. The Balaban J connectivity index is 0.887. The first kappa shape index (κ1) is 50.4. The monoisotopic (exact) mass is 1000 g/mol. The predicted molar refractivity (Wildman–Crippen MR) is 279 cm³/mol. The number of ether oxygens (including phenoxy) is 4. The van der Waals surface area contributed by atoms with E-state index in [1.165, 1.54) is 45.2 Å². The van der Waals surface area contributed by atoms with Crippen LogP contribution in [0.4, 0.5) is 22.6 Å². The van der Waals surface area contributed by atoms with Gasteiger partial charge in [-0.25, -0.2) is 9.97 Å². The van der Waals surface area contributed by atoms with Crippen LogP contribution >= 0.6 is 11.3 Å². The van der Waals surface area contributed by atoms with E-state index in [9.17, 15) is 9.59 Å². The molecule has 6 heterocycles. The van der Waals surface area contributed by atoms with Gasteiger partial charge in [0.15, 0.2) is 16.8 Å². The number of hydrogen-bond donors (Lipinski definition) is 2. The van der Waals surface area contributed by atoms with Crippen LogP contribution in [0.1, 0.15) is 105 Å². The van der Waals surface area contributed by atoms with E-state index in [2.05, 4.69) is 53.6 Å². The maximum atomic E-state index is 14.8. The van der Waals surface area contributed by atoms with Crippen LogP contribution in [-0.4, -0.2) is 143 Å². The van der Waals surface area contributed by atoms with Crippen molar-refractivity contribution in [1.29, 1.82) is 0 Å². The Kier molecular flexibility index (Phi) is 14.7. The van der Waals surface area contributed by atoms with Gasteiger partial charge in [0, 0.05) is 67.6 Å². The molecule has 386 valence electrons. The van der Waals surface area contributed by atoms with E-state index in [4.69, 9.17) is 49.9 Å². The average molecular weight is 1000 g/mol. The molecular weight excluding hydrogens is 931 g/mol. The molecule has 1 saturated heterocycles. The number of benzene rings is 1. The lowest BCUT2D eigenvalue weighted by atomic mass is 9.39. The van der Waals surface area contributed by atoms with E-state index >= 15 is 0 Å². The lowest BCUT2D eigenvalue weighted by Gasteiger charge is -2.69. The number of carbonyl (C=O) groups excluding carboxylic acids is 2. The number of anilines is 4. The molecule has 18 heteroatoms. The minimum atomic E-state index is -0.393. The summed E-state index contributed by atoms with van der Waals surface area (Å²) in [6, 6.07) is 12.1. The number of hydrogen-bond acceptors (Lipinski definition) is 15. The molecule has 6 aliphatic rings. The highest BCUT2D eigenvalue weighted by Crippen LogP contribution is 2.72. The van der Waals surface area contributed by atoms with Crippen molar-refractivity contribution in [2.45, 2.75) is 110 Å². The highest BCUT2D eigenvalue weighted by Gasteiger charge is 2.66. The Morgan fingerprint density at radius 2 is 1.56 bits per heavy atom. The van der Waals surface area contributed by atoms with Crippen molar-refractivity contribution in [3.63, 3.8) is 0 Å². The summed E-state index contributed by atoms with van der Waals surface area (Å²) in [5.74, 6) is 1.46. The second-order valence-electron chi connectivity index (χ2n) is 22.3. The summed E-state index contributed by atoms with van der Waals surface area (Å²) >= 11 is 1.59. The fraction of sp³-hybridized carbons (Fsp3) is 0.611. The first-order valence-electron chi connectivity index (χ1n) is 26.1. The summed E-state index contributed by atoms with van der Waals surface area (Å²) in [4.78, 5) is 42.1. The van der Waals surface area contributed by atoms with Gasteiger partial charge in [-0.2, -0.15) is 5.10 Å². The van der Waals surface area contributed by atoms with Gasteiger partial charge in [-0.15, -0.1) is 10.2 Å². The third-order valence-corrected chi connectivity index (χ3v) is 16.9. The number of rotatable bonds is 23. The lowest BCUT2D eigenvalue weighted by molar-refractivity contribution is -0.248. The van der Waals surface area contributed by atoms with Crippen LogP contribution in [0.25, 0.3) is 21.3 Å². The van der Waals surface area contributed by atoms with Gasteiger partial charge in [0.1, 0.15) is 11.5 Å². The number of nitrogens with zero attached hydrogens (tertiary/aromatic N) is 9. The largest absolute Gasteiger partial charge is 0.379 e. The maximum Gasteiger partial charge on any atom is 0.273 e. The van der Waals surface area contributed by atoms with Gasteiger partial charge >= 0.3 is 0 Å². The first-order chi connectivity index (χ1) is 34.7. The number of thiazole rings is 1. The zero-order valence-electron chi connectivity index (χ0n) is 43.0. The van der Waals surface area contributed by atoms with Crippen molar-refractivity contribution in [3.8, 4) is 11.1 Å². The van der Waals surface area contributed by atoms with Crippen LogP contribution in [0.3, 0.4) is 0 Å². The van der Waals surface area contributed by atoms with E-state index in [-0.39, 0.29) is 40.8 Å². The molecular formula is C54H73N11O6S. The molecule has 5 fully saturated rings. The van der Waals surface area contributed by atoms with Crippen LogP contribution in [0.5, 0.6) is 0 Å². The van der Waals surface area contributed by atoms with Crippen LogP contribution in [0.2, 0.25) is 0 Å². The number of nitrogens with two attached hydrogens (primary N) is 1.